The number of sulfonamides is 1. The first-order valence-electron chi connectivity index (χ1n) is 7.36. The summed E-state index contributed by atoms with van der Waals surface area (Å²) in [6, 6.07) is 9.38. The average molecular weight is 394 g/mol. The molecule has 0 atom stereocenters. The third kappa shape index (κ3) is 3.74. The molecule has 2 aromatic heterocycles. The molecule has 26 heavy (non-hydrogen) atoms. The Balaban J connectivity index is 1.75. The number of primary sulfonamides is 1. The van der Waals surface area contributed by atoms with Crippen molar-refractivity contribution in [2.75, 3.05) is 0 Å². The van der Waals surface area contributed by atoms with Crippen molar-refractivity contribution in [3.8, 4) is 0 Å². The van der Waals surface area contributed by atoms with Gasteiger partial charge in [-0.3, -0.25) is 14.2 Å². The highest BCUT2D eigenvalue weighted by atomic mass is 32.2. The number of aromatic amines is 1. The van der Waals surface area contributed by atoms with Crippen LogP contribution in [0.3, 0.4) is 0 Å². The Labute approximate surface area is 151 Å². The normalized spacial score (nSPS) is 11.6. The van der Waals surface area contributed by atoms with Gasteiger partial charge >= 0.3 is 5.69 Å². The summed E-state index contributed by atoms with van der Waals surface area (Å²) in [5.74, 6) is -0.557. The van der Waals surface area contributed by atoms with Crippen LogP contribution in [0.5, 0.6) is 0 Å². The van der Waals surface area contributed by atoms with Crippen molar-refractivity contribution < 1.29 is 13.2 Å². The minimum atomic E-state index is -3.79. The molecule has 9 nitrogen and oxygen atoms in total. The molecule has 11 heteroatoms. The number of carbonyl (C=O) groups is 1. The van der Waals surface area contributed by atoms with E-state index in [1.807, 2.05) is 0 Å². The van der Waals surface area contributed by atoms with Gasteiger partial charge in [-0.1, -0.05) is 12.1 Å². The molecule has 0 bridgehead atoms. The second kappa shape index (κ2) is 6.86. The van der Waals surface area contributed by atoms with E-state index >= 15 is 0 Å². The van der Waals surface area contributed by atoms with Gasteiger partial charge in [0.2, 0.25) is 15.9 Å². The van der Waals surface area contributed by atoms with E-state index in [0.717, 1.165) is 15.9 Å². The van der Waals surface area contributed by atoms with Crippen LogP contribution in [0.15, 0.2) is 50.2 Å². The first kappa shape index (κ1) is 18.0. The number of benzene rings is 1. The number of amides is 1. The molecule has 0 aliphatic carbocycles. The summed E-state index contributed by atoms with van der Waals surface area (Å²) in [4.78, 5) is 39.6. The maximum Gasteiger partial charge on any atom is 0.329 e. The molecule has 3 aromatic rings. The summed E-state index contributed by atoms with van der Waals surface area (Å²) >= 11 is 0.932. The molecule has 0 aliphatic rings. The molecule has 0 unspecified atom stereocenters. The van der Waals surface area contributed by atoms with E-state index in [2.05, 4.69) is 10.3 Å². The third-order valence-electron chi connectivity index (χ3n) is 3.57. The maximum absolute atomic E-state index is 12.4. The van der Waals surface area contributed by atoms with Crippen LogP contribution in [0.25, 0.3) is 10.9 Å². The summed E-state index contributed by atoms with van der Waals surface area (Å²) in [6.07, 6.45) is 0. The zero-order valence-electron chi connectivity index (χ0n) is 13.3. The van der Waals surface area contributed by atoms with Crippen molar-refractivity contribution in [2.24, 2.45) is 5.14 Å². The lowest BCUT2D eigenvalue weighted by molar-refractivity contribution is -0.121. The summed E-state index contributed by atoms with van der Waals surface area (Å²) in [5, 5.41) is 7.87. The largest absolute Gasteiger partial charge is 0.350 e. The van der Waals surface area contributed by atoms with Gasteiger partial charge in [0.25, 0.3) is 5.56 Å². The van der Waals surface area contributed by atoms with Gasteiger partial charge in [-0.2, -0.15) is 0 Å². The van der Waals surface area contributed by atoms with Gasteiger partial charge in [-0.05, 0) is 24.3 Å². The van der Waals surface area contributed by atoms with Crippen molar-refractivity contribution in [3.05, 3.63) is 62.1 Å². The number of H-pyrrole nitrogens is 1. The first-order valence-corrected chi connectivity index (χ1v) is 9.72. The highest BCUT2D eigenvalue weighted by molar-refractivity contribution is 7.91. The number of carbonyl (C=O) groups excluding carboxylic acids is 1. The van der Waals surface area contributed by atoms with E-state index in [4.69, 9.17) is 5.14 Å². The second-order valence-corrected chi connectivity index (χ2v) is 8.37. The molecule has 3 rings (SSSR count). The fraction of sp³-hybridized carbons (Fsp3) is 0.133. The van der Waals surface area contributed by atoms with Crippen molar-refractivity contribution in [1.29, 1.82) is 0 Å². The predicted molar refractivity (Wildman–Crippen MR) is 96.4 cm³/mol. The Morgan fingerprint density at radius 2 is 1.92 bits per heavy atom. The van der Waals surface area contributed by atoms with Crippen molar-refractivity contribution in [1.82, 2.24) is 14.9 Å². The summed E-state index contributed by atoms with van der Waals surface area (Å²) in [5.41, 5.74) is -0.850. The molecule has 136 valence electrons. The van der Waals surface area contributed by atoms with Crippen molar-refractivity contribution in [3.63, 3.8) is 0 Å². The number of nitrogens with zero attached hydrogens (tertiary/aromatic N) is 1. The van der Waals surface area contributed by atoms with Crippen LogP contribution in [0.4, 0.5) is 0 Å². The Hall–Kier alpha value is -2.76. The molecule has 0 saturated heterocycles. The van der Waals surface area contributed by atoms with Gasteiger partial charge in [-0.25, -0.2) is 18.4 Å². The van der Waals surface area contributed by atoms with Crippen LogP contribution < -0.4 is 21.7 Å². The number of hydrogen-bond acceptors (Lipinski definition) is 6. The maximum atomic E-state index is 12.4. The number of thiophene rings is 1. The lowest BCUT2D eigenvalue weighted by Crippen LogP contribution is -2.40. The Morgan fingerprint density at radius 3 is 2.62 bits per heavy atom. The molecule has 1 amide bonds. The number of fused-ring (bicyclic) bond motifs is 1. The van der Waals surface area contributed by atoms with E-state index in [9.17, 15) is 22.8 Å². The zero-order valence-corrected chi connectivity index (χ0v) is 14.9. The monoisotopic (exact) mass is 394 g/mol. The average Bonchev–Trinajstić information content (AvgIpc) is 3.06. The van der Waals surface area contributed by atoms with Crippen LogP contribution in [-0.4, -0.2) is 23.9 Å². The Kier molecular flexibility index (Phi) is 4.76. The summed E-state index contributed by atoms with van der Waals surface area (Å²) in [6.45, 7) is -0.397. The van der Waals surface area contributed by atoms with Gasteiger partial charge in [-0.15, -0.1) is 11.3 Å². The summed E-state index contributed by atoms with van der Waals surface area (Å²) in [7, 11) is -3.79. The van der Waals surface area contributed by atoms with Gasteiger partial charge < -0.3 is 10.3 Å². The van der Waals surface area contributed by atoms with Crippen LogP contribution in [0.1, 0.15) is 4.88 Å². The fourth-order valence-electron chi connectivity index (χ4n) is 2.33. The predicted octanol–water partition coefficient (Wildman–Crippen LogP) is -0.285. The van der Waals surface area contributed by atoms with E-state index in [1.165, 1.54) is 12.1 Å². The second-order valence-electron chi connectivity index (χ2n) is 5.41. The SMILES string of the molecule is NS(=O)(=O)c1ccc(CNC(=O)Cn2c(=O)[nH]c3ccccc3c2=O)s1. The van der Waals surface area contributed by atoms with Crippen LogP contribution in [0, 0.1) is 0 Å². The number of para-hydroxylation sites is 1. The standard InChI is InChI=1S/C15H14N4O5S2/c16-26(23,24)13-6-5-9(25-13)7-17-12(20)8-19-14(21)10-3-1-2-4-11(10)18-15(19)22/h1-6H,7-8H2,(H,17,20)(H,18,22)(H2,16,23,24). The Bertz CT molecular complexity index is 1210. The van der Waals surface area contributed by atoms with Crippen LogP contribution >= 0.6 is 11.3 Å². The Morgan fingerprint density at radius 1 is 1.19 bits per heavy atom. The molecule has 0 fully saturated rings. The van der Waals surface area contributed by atoms with Gasteiger partial charge in [0.1, 0.15) is 10.8 Å². The summed E-state index contributed by atoms with van der Waals surface area (Å²) < 4.78 is 23.3. The van der Waals surface area contributed by atoms with Crippen LogP contribution in [0.2, 0.25) is 0 Å². The van der Waals surface area contributed by atoms with E-state index in [0.29, 0.717) is 15.8 Å². The van der Waals surface area contributed by atoms with Gasteiger partial charge in [0.05, 0.1) is 17.4 Å². The number of rotatable bonds is 5. The molecule has 2 heterocycles. The zero-order chi connectivity index (χ0) is 18.9. The molecule has 0 aliphatic heterocycles. The van der Waals surface area contributed by atoms with Crippen LogP contribution in [-0.2, 0) is 27.9 Å². The molecular formula is C15H14N4O5S2. The van der Waals surface area contributed by atoms with E-state index in [1.54, 1.807) is 24.3 Å². The first-order chi connectivity index (χ1) is 12.3. The molecule has 0 saturated carbocycles. The number of hydrogen-bond donors (Lipinski definition) is 3. The van der Waals surface area contributed by atoms with Gasteiger partial charge in [0, 0.05) is 4.88 Å². The minimum absolute atomic E-state index is 0.0102. The van der Waals surface area contributed by atoms with Crippen molar-refractivity contribution in [2.45, 2.75) is 17.3 Å². The number of nitrogens with two attached hydrogens (primary N) is 1. The molecule has 0 spiro atoms. The number of nitrogens with one attached hydrogen (secondary N) is 2. The molecule has 4 N–H and O–H groups in total. The van der Waals surface area contributed by atoms with Gasteiger partial charge in [0.15, 0.2) is 0 Å². The lowest BCUT2D eigenvalue weighted by atomic mass is 10.2. The molecular weight excluding hydrogens is 380 g/mol. The quantitative estimate of drug-likeness (QED) is 0.545. The topological polar surface area (TPSA) is 144 Å². The highest BCUT2D eigenvalue weighted by Crippen LogP contribution is 2.19. The lowest BCUT2D eigenvalue weighted by Gasteiger charge is -2.07. The third-order valence-corrected chi connectivity index (χ3v) is 6.09. The molecule has 0 radical (unpaired) electrons. The van der Waals surface area contributed by atoms with Crippen molar-refractivity contribution >= 4 is 38.2 Å². The fourth-order valence-corrected chi connectivity index (χ4v) is 4.05. The highest BCUT2D eigenvalue weighted by Gasteiger charge is 2.13. The van der Waals surface area contributed by atoms with E-state index < -0.39 is 33.7 Å². The van der Waals surface area contributed by atoms with E-state index in [-0.39, 0.29) is 10.8 Å². The smallest absolute Gasteiger partial charge is 0.329 e. The molecule has 1 aromatic carbocycles. The minimum Gasteiger partial charge on any atom is -0.350 e. The number of aromatic nitrogens is 2.